The van der Waals surface area contributed by atoms with Crippen molar-refractivity contribution < 1.29 is 4.79 Å². The van der Waals surface area contributed by atoms with Crippen molar-refractivity contribution in [2.45, 2.75) is 71.4 Å². The molecule has 1 saturated carbocycles. The molecular weight excluding hydrogens is 224 g/mol. The zero-order valence-corrected chi connectivity index (χ0v) is 12.1. The van der Waals surface area contributed by atoms with Gasteiger partial charge in [-0.2, -0.15) is 0 Å². The van der Waals surface area contributed by atoms with E-state index in [1.165, 1.54) is 12.8 Å². The molecule has 1 saturated heterocycles. The van der Waals surface area contributed by atoms with Gasteiger partial charge in [0.15, 0.2) is 0 Å². The maximum absolute atomic E-state index is 12.1. The third kappa shape index (κ3) is 3.47. The van der Waals surface area contributed by atoms with Crippen LogP contribution in [-0.2, 0) is 4.79 Å². The summed E-state index contributed by atoms with van der Waals surface area (Å²) in [5.41, 5.74) is 0.370. The molecule has 0 aromatic carbocycles. The van der Waals surface area contributed by atoms with Crippen LogP contribution in [0.5, 0.6) is 0 Å². The van der Waals surface area contributed by atoms with Gasteiger partial charge in [0.25, 0.3) is 0 Å². The fraction of sp³-hybridized carbons (Fsp3) is 0.933. The van der Waals surface area contributed by atoms with Crippen LogP contribution in [0.1, 0.15) is 59.3 Å². The molecule has 3 heteroatoms. The first-order chi connectivity index (χ1) is 8.47. The largest absolute Gasteiger partial charge is 0.352 e. The average molecular weight is 252 g/mol. The summed E-state index contributed by atoms with van der Waals surface area (Å²) in [4.78, 5) is 12.1. The Morgan fingerprint density at radius 3 is 2.56 bits per heavy atom. The molecule has 1 heterocycles. The summed E-state index contributed by atoms with van der Waals surface area (Å²) in [6.07, 6.45) is 7.02. The molecule has 0 aromatic heterocycles. The van der Waals surface area contributed by atoms with E-state index >= 15 is 0 Å². The number of amides is 1. The Balaban J connectivity index is 1.83. The van der Waals surface area contributed by atoms with E-state index in [9.17, 15) is 4.79 Å². The van der Waals surface area contributed by atoms with Crippen LogP contribution in [-0.4, -0.2) is 24.5 Å². The number of carbonyl (C=O) groups excluding carboxylic acids is 1. The Bertz CT molecular complexity index is 289. The molecule has 2 N–H and O–H groups in total. The van der Waals surface area contributed by atoms with Crippen molar-refractivity contribution in [2.24, 2.45) is 11.3 Å². The monoisotopic (exact) mass is 252 g/mol. The standard InChI is InChI=1S/C15H28N2O/c1-15(2,3)11-6-4-7-12(10-11)17-14(18)13-8-5-9-16-13/h11-13,16H,4-10H2,1-3H3,(H,17,18)/t11?,12?,13-/m1/s1. The summed E-state index contributed by atoms with van der Waals surface area (Å²) in [5, 5.41) is 6.54. The van der Waals surface area contributed by atoms with Gasteiger partial charge in [0, 0.05) is 6.04 Å². The molecule has 3 atom stereocenters. The molecule has 3 nitrogen and oxygen atoms in total. The molecule has 0 aromatic rings. The van der Waals surface area contributed by atoms with Crippen molar-refractivity contribution in [3.8, 4) is 0 Å². The van der Waals surface area contributed by atoms with E-state index < -0.39 is 0 Å². The summed E-state index contributed by atoms with van der Waals surface area (Å²) in [6, 6.07) is 0.470. The Morgan fingerprint density at radius 2 is 1.94 bits per heavy atom. The van der Waals surface area contributed by atoms with Crippen LogP contribution < -0.4 is 10.6 Å². The number of rotatable bonds is 2. The highest BCUT2D eigenvalue weighted by Gasteiger charge is 2.32. The van der Waals surface area contributed by atoms with Gasteiger partial charge < -0.3 is 10.6 Å². The fourth-order valence-corrected chi connectivity index (χ4v) is 3.32. The van der Waals surface area contributed by atoms with Crippen molar-refractivity contribution in [2.75, 3.05) is 6.54 Å². The van der Waals surface area contributed by atoms with E-state index in [4.69, 9.17) is 0 Å². The van der Waals surface area contributed by atoms with Gasteiger partial charge in [-0.1, -0.05) is 27.2 Å². The molecule has 1 aliphatic carbocycles. The molecule has 0 radical (unpaired) electrons. The summed E-state index contributed by atoms with van der Waals surface area (Å²) >= 11 is 0. The quantitative estimate of drug-likeness (QED) is 0.792. The van der Waals surface area contributed by atoms with E-state index in [0.29, 0.717) is 11.5 Å². The van der Waals surface area contributed by atoms with Gasteiger partial charge in [0.1, 0.15) is 0 Å². The van der Waals surface area contributed by atoms with Gasteiger partial charge in [-0.25, -0.2) is 0 Å². The zero-order chi connectivity index (χ0) is 13.2. The zero-order valence-electron chi connectivity index (χ0n) is 12.1. The second-order valence-corrected chi connectivity index (χ2v) is 7.08. The first kappa shape index (κ1) is 13.9. The minimum absolute atomic E-state index is 0.0695. The lowest BCUT2D eigenvalue weighted by Gasteiger charge is -2.38. The molecule has 18 heavy (non-hydrogen) atoms. The highest BCUT2D eigenvalue weighted by atomic mass is 16.2. The average Bonchev–Trinajstić information content (AvgIpc) is 2.81. The SMILES string of the molecule is CC(C)(C)C1CCCC(NC(=O)[C@H]2CCCN2)C1. The molecule has 0 bridgehead atoms. The summed E-state index contributed by atoms with van der Waals surface area (Å²) in [7, 11) is 0. The first-order valence-electron chi connectivity index (χ1n) is 7.50. The van der Waals surface area contributed by atoms with Crippen LogP contribution in [0, 0.1) is 11.3 Å². The smallest absolute Gasteiger partial charge is 0.237 e. The minimum Gasteiger partial charge on any atom is -0.352 e. The molecule has 1 aliphatic heterocycles. The molecule has 1 amide bonds. The van der Waals surface area contributed by atoms with Gasteiger partial charge in [-0.05, 0) is 50.0 Å². The summed E-state index contributed by atoms with van der Waals surface area (Å²) in [6.45, 7) is 7.95. The van der Waals surface area contributed by atoms with Crippen molar-refractivity contribution in [3.63, 3.8) is 0 Å². The third-order valence-electron chi connectivity index (χ3n) is 4.62. The van der Waals surface area contributed by atoms with Crippen molar-refractivity contribution in [3.05, 3.63) is 0 Å². The van der Waals surface area contributed by atoms with E-state index in [-0.39, 0.29) is 11.9 Å². The highest BCUT2D eigenvalue weighted by molar-refractivity contribution is 5.82. The van der Waals surface area contributed by atoms with Crippen LogP contribution in [0.25, 0.3) is 0 Å². The predicted molar refractivity (Wildman–Crippen MR) is 74.4 cm³/mol. The van der Waals surface area contributed by atoms with Crippen LogP contribution in [0.2, 0.25) is 0 Å². The number of nitrogens with one attached hydrogen (secondary N) is 2. The number of hydrogen-bond acceptors (Lipinski definition) is 2. The van der Waals surface area contributed by atoms with Crippen molar-refractivity contribution >= 4 is 5.91 Å². The maximum atomic E-state index is 12.1. The normalized spacial score (nSPS) is 33.4. The lowest BCUT2D eigenvalue weighted by atomic mass is 9.71. The maximum Gasteiger partial charge on any atom is 0.237 e. The van der Waals surface area contributed by atoms with Gasteiger partial charge in [-0.15, -0.1) is 0 Å². The van der Waals surface area contributed by atoms with Crippen LogP contribution >= 0.6 is 0 Å². The number of hydrogen-bond donors (Lipinski definition) is 2. The molecule has 0 spiro atoms. The molecule has 104 valence electrons. The third-order valence-corrected chi connectivity index (χ3v) is 4.62. The van der Waals surface area contributed by atoms with Crippen molar-refractivity contribution in [1.82, 2.24) is 10.6 Å². The Labute approximate surface area is 111 Å². The van der Waals surface area contributed by atoms with E-state index in [0.717, 1.165) is 38.1 Å². The second-order valence-electron chi connectivity index (χ2n) is 7.08. The summed E-state index contributed by atoms with van der Waals surface area (Å²) in [5.74, 6) is 0.972. The van der Waals surface area contributed by atoms with Gasteiger partial charge in [-0.3, -0.25) is 4.79 Å². The highest BCUT2D eigenvalue weighted by Crippen LogP contribution is 2.37. The van der Waals surface area contributed by atoms with Crippen LogP contribution in [0.15, 0.2) is 0 Å². The van der Waals surface area contributed by atoms with E-state index in [1.54, 1.807) is 0 Å². The lowest BCUT2D eigenvalue weighted by molar-refractivity contribution is -0.123. The van der Waals surface area contributed by atoms with Gasteiger partial charge in [0.2, 0.25) is 5.91 Å². The molecule has 2 unspecified atom stereocenters. The molecular formula is C15H28N2O. The lowest BCUT2D eigenvalue weighted by Crippen LogP contribution is -2.47. The van der Waals surface area contributed by atoms with E-state index in [2.05, 4.69) is 31.4 Å². The Kier molecular flexibility index (Phi) is 4.31. The Morgan fingerprint density at radius 1 is 1.17 bits per heavy atom. The topological polar surface area (TPSA) is 41.1 Å². The van der Waals surface area contributed by atoms with Crippen molar-refractivity contribution in [1.29, 1.82) is 0 Å². The van der Waals surface area contributed by atoms with Crippen LogP contribution in [0.3, 0.4) is 0 Å². The number of carbonyl (C=O) groups is 1. The fourth-order valence-electron chi connectivity index (χ4n) is 3.32. The van der Waals surface area contributed by atoms with E-state index in [1.807, 2.05) is 0 Å². The molecule has 2 aliphatic rings. The minimum atomic E-state index is 0.0695. The first-order valence-corrected chi connectivity index (χ1v) is 7.50. The Hall–Kier alpha value is -0.570. The predicted octanol–water partition coefficient (Wildman–Crippen LogP) is 2.46. The summed E-state index contributed by atoms with van der Waals surface area (Å²) < 4.78 is 0. The molecule has 2 fully saturated rings. The second kappa shape index (κ2) is 5.60. The van der Waals surface area contributed by atoms with Crippen LogP contribution in [0.4, 0.5) is 0 Å². The van der Waals surface area contributed by atoms with Gasteiger partial charge >= 0.3 is 0 Å². The molecule has 2 rings (SSSR count). The van der Waals surface area contributed by atoms with Gasteiger partial charge in [0.05, 0.1) is 6.04 Å².